The van der Waals surface area contributed by atoms with Crippen molar-refractivity contribution in [3.05, 3.63) is 77.2 Å². The van der Waals surface area contributed by atoms with Crippen molar-refractivity contribution < 1.29 is 4.79 Å². The summed E-state index contributed by atoms with van der Waals surface area (Å²) in [5, 5.41) is 5.60. The zero-order valence-corrected chi connectivity index (χ0v) is 20.0. The van der Waals surface area contributed by atoms with E-state index in [0.717, 1.165) is 72.0 Å². The summed E-state index contributed by atoms with van der Waals surface area (Å²) in [6.45, 7) is 9.14. The van der Waals surface area contributed by atoms with Gasteiger partial charge in [0.15, 0.2) is 5.65 Å². The summed E-state index contributed by atoms with van der Waals surface area (Å²) in [7, 11) is 0. The Morgan fingerprint density at radius 3 is 2.29 bits per heavy atom. The minimum Gasteiger partial charge on any atom is -0.354 e. The fraction of sp³-hybridized carbons (Fsp3) is 0.333. The van der Waals surface area contributed by atoms with Crippen LogP contribution in [0.1, 0.15) is 40.7 Å². The van der Waals surface area contributed by atoms with E-state index in [1.54, 1.807) is 0 Å². The molecule has 0 atom stereocenters. The number of fused-ring (bicyclic) bond motifs is 1. The fourth-order valence-corrected chi connectivity index (χ4v) is 4.42. The molecule has 1 saturated heterocycles. The number of anilines is 1. The summed E-state index contributed by atoms with van der Waals surface area (Å²) >= 11 is 0. The Morgan fingerprint density at radius 1 is 0.882 bits per heavy atom. The van der Waals surface area contributed by atoms with Crippen LogP contribution in [0.15, 0.2) is 54.7 Å². The average Bonchev–Trinajstić information content (AvgIpc) is 3.13. The Hall–Kier alpha value is -3.74. The van der Waals surface area contributed by atoms with Gasteiger partial charge in [-0.15, -0.1) is 0 Å². The van der Waals surface area contributed by atoms with Gasteiger partial charge in [0.1, 0.15) is 11.6 Å². The number of benzene rings is 2. The lowest BCUT2D eigenvalue weighted by Gasteiger charge is -2.24. The largest absolute Gasteiger partial charge is 0.354 e. The average molecular weight is 455 g/mol. The Balaban J connectivity index is 1.44. The van der Waals surface area contributed by atoms with Crippen molar-refractivity contribution in [1.82, 2.24) is 24.6 Å². The van der Waals surface area contributed by atoms with Crippen molar-refractivity contribution >= 4 is 22.8 Å². The summed E-state index contributed by atoms with van der Waals surface area (Å²) in [6, 6.07) is 16.1. The molecule has 1 aliphatic heterocycles. The van der Waals surface area contributed by atoms with Crippen molar-refractivity contribution in [2.75, 3.05) is 31.1 Å². The third kappa shape index (κ3) is 4.25. The Bertz CT molecular complexity index is 1310. The molecule has 0 aliphatic carbocycles. The molecule has 4 aromatic rings. The summed E-state index contributed by atoms with van der Waals surface area (Å²) in [5.41, 5.74) is 4.92. The van der Waals surface area contributed by atoms with Crippen molar-refractivity contribution in [3.8, 4) is 5.69 Å². The van der Waals surface area contributed by atoms with Gasteiger partial charge in [0, 0.05) is 38.2 Å². The molecule has 1 fully saturated rings. The SMILES string of the molecule is CCc1nc(N2CCCN(C(=O)c3ccc(C)cc3)CC2)c2cnn(-c3ccc(C)cc3)c2n1. The van der Waals surface area contributed by atoms with Crippen LogP contribution in [0.4, 0.5) is 5.82 Å². The molecular formula is C27H30N6O. The van der Waals surface area contributed by atoms with E-state index in [0.29, 0.717) is 6.54 Å². The highest BCUT2D eigenvalue weighted by Crippen LogP contribution is 2.27. The maximum Gasteiger partial charge on any atom is 0.253 e. The third-order valence-corrected chi connectivity index (χ3v) is 6.43. The number of rotatable bonds is 4. The molecule has 3 heterocycles. The first kappa shape index (κ1) is 22.1. The molecular weight excluding hydrogens is 424 g/mol. The topological polar surface area (TPSA) is 67.2 Å². The molecule has 0 N–H and O–H groups in total. The lowest BCUT2D eigenvalue weighted by molar-refractivity contribution is 0.0767. The molecule has 0 saturated carbocycles. The number of hydrogen-bond donors (Lipinski definition) is 0. The zero-order chi connectivity index (χ0) is 23.7. The summed E-state index contributed by atoms with van der Waals surface area (Å²) in [6.07, 6.45) is 3.49. The number of aryl methyl sites for hydroxylation is 3. The lowest BCUT2D eigenvalue weighted by atomic mass is 10.1. The zero-order valence-electron chi connectivity index (χ0n) is 20.0. The second-order valence-corrected chi connectivity index (χ2v) is 8.95. The number of carbonyl (C=O) groups is 1. The van der Waals surface area contributed by atoms with E-state index < -0.39 is 0 Å². The van der Waals surface area contributed by atoms with E-state index in [1.807, 2.05) is 47.0 Å². The van der Waals surface area contributed by atoms with E-state index in [9.17, 15) is 4.79 Å². The van der Waals surface area contributed by atoms with Crippen molar-refractivity contribution in [3.63, 3.8) is 0 Å². The Morgan fingerprint density at radius 2 is 1.59 bits per heavy atom. The monoisotopic (exact) mass is 454 g/mol. The standard InChI is InChI=1S/C27H30N6O/c1-4-24-29-25(23-18-28-33(26(23)30-24)22-12-8-20(3)9-13-22)31-14-5-15-32(17-16-31)27(34)21-10-6-19(2)7-11-21/h6-13,18H,4-5,14-17H2,1-3H3. The third-order valence-electron chi connectivity index (χ3n) is 6.43. The van der Waals surface area contributed by atoms with Crippen LogP contribution in [0.5, 0.6) is 0 Å². The van der Waals surface area contributed by atoms with Crippen molar-refractivity contribution in [2.45, 2.75) is 33.6 Å². The highest BCUT2D eigenvalue weighted by molar-refractivity contribution is 5.94. The second kappa shape index (κ2) is 9.25. The summed E-state index contributed by atoms with van der Waals surface area (Å²) < 4.78 is 1.89. The van der Waals surface area contributed by atoms with Gasteiger partial charge in [-0.1, -0.05) is 42.3 Å². The van der Waals surface area contributed by atoms with Crippen molar-refractivity contribution in [1.29, 1.82) is 0 Å². The molecule has 1 amide bonds. The van der Waals surface area contributed by atoms with E-state index >= 15 is 0 Å². The van der Waals surface area contributed by atoms with E-state index in [2.05, 4.69) is 48.1 Å². The lowest BCUT2D eigenvalue weighted by Crippen LogP contribution is -2.35. The van der Waals surface area contributed by atoms with Crippen LogP contribution < -0.4 is 4.90 Å². The molecule has 7 heteroatoms. The van der Waals surface area contributed by atoms with Gasteiger partial charge in [-0.05, 0) is 44.5 Å². The van der Waals surface area contributed by atoms with Gasteiger partial charge in [0.25, 0.3) is 5.91 Å². The van der Waals surface area contributed by atoms with Crippen molar-refractivity contribution in [2.24, 2.45) is 0 Å². The molecule has 1 aliphatic rings. The van der Waals surface area contributed by atoms with Crippen LogP contribution >= 0.6 is 0 Å². The molecule has 174 valence electrons. The van der Waals surface area contributed by atoms with Crippen LogP contribution in [0.3, 0.4) is 0 Å². The number of hydrogen-bond acceptors (Lipinski definition) is 5. The molecule has 5 rings (SSSR count). The highest BCUT2D eigenvalue weighted by atomic mass is 16.2. The number of nitrogens with zero attached hydrogens (tertiary/aromatic N) is 6. The number of amides is 1. The minimum absolute atomic E-state index is 0.0936. The predicted molar refractivity (Wildman–Crippen MR) is 135 cm³/mol. The minimum atomic E-state index is 0.0936. The Kier molecular flexibility index (Phi) is 6.01. The number of carbonyl (C=O) groups excluding carboxylic acids is 1. The van der Waals surface area contributed by atoms with E-state index in [-0.39, 0.29) is 5.91 Å². The molecule has 34 heavy (non-hydrogen) atoms. The summed E-state index contributed by atoms with van der Waals surface area (Å²) in [5.74, 6) is 1.80. The maximum atomic E-state index is 13.1. The maximum absolute atomic E-state index is 13.1. The fourth-order valence-electron chi connectivity index (χ4n) is 4.42. The Labute approximate surface area is 200 Å². The second-order valence-electron chi connectivity index (χ2n) is 8.95. The van der Waals surface area contributed by atoms with Crippen LogP contribution in [0.25, 0.3) is 16.7 Å². The molecule has 2 aromatic heterocycles. The van der Waals surface area contributed by atoms with Gasteiger partial charge in [-0.2, -0.15) is 5.10 Å². The molecule has 7 nitrogen and oxygen atoms in total. The highest BCUT2D eigenvalue weighted by Gasteiger charge is 2.24. The van der Waals surface area contributed by atoms with Crippen LogP contribution in [-0.4, -0.2) is 56.7 Å². The van der Waals surface area contributed by atoms with Gasteiger partial charge in [-0.25, -0.2) is 14.6 Å². The molecule has 0 spiro atoms. The van der Waals surface area contributed by atoms with Gasteiger partial charge in [0.05, 0.1) is 17.3 Å². The van der Waals surface area contributed by atoms with Crippen LogP contribution in [0.2, 0.25) is 0 Å². The van der Waals surface area contributed by atoms with Crippen LogP contribution in [-0.2, 0) is 6.42 Å². The van der Waals surface area contributed by atoms with Gasteiger partial charge >= 0.3 is 0 Å². The quantitative estimate of drug-likeness (QED) is 0.459. The number of aromatic nitrogens is 4. The first-order chi connectivity index (χ1) is 16.5. The molecule has 2 aromatic carbocycles. The molecule has 0 unspecified atom stereocenters. The first-order valence-corrected chi connectivity index (χ1v) is 12.0. The van der Waals surface area contributed by atoms with Gasteiger partial charge in [-0.3, -0.25) is 4.79 Å². The van der Waals surface area contributed by atoms with Gasteiger partial charge in [0.2, 0.25) is 0 Å². The normalized spacial score (nSPS) is 14.4. The smallest absolute Gasteiger partial charge is 0.253 e. The van der Waals surface area contributed by atoms with Crippen LogP contribution in [0, 0.1) is 13.8 Å². The molecule has 0 bridgehead atoms. The van der Waals surface area contributed by atoms with Gasteiger partial charge < -0.3 is 9.80 Å². The van der Waals surface area contributed by atoms with E-state index in [4.69, 9.17) is 9.97 Å². The first-order valence-electron chi connectivity index (χ1n) is 12.0. The van der Waals surface area contributed by atoms with E-state index in [1.165, 1.54) is 5.56 Å². The predicted octanol–water partition coefficient (Wildman–Crippen LogP) is 4.35. The molecule has 0 radical (unpaired) electrons. The summed E-state index contributed by atoms with van der Waals surface area (Å²) in [4.78, 5) is 27.0.